The predicted molar refractivity (Wildman–Crippen MR) is 486 cm³/mol. The maximum atomic E-state index is 2.50. The molecule has 8 aliphatic rings. The van der Waals surface area contributed by atoms with E-state index in [1.165, 1.54) is 249 Å². The van der Waals surface area contributed by atoms with Gasteiger partial charge in [-0.1, -0.05) is 243 Å². The second-order valence-corrected chi connectivity index (χ2v) is 42.5. The number of hydrogen-bond donors (Lipinski definition) is 0. The van der Waals surface area contributed by atoms with E-state index in [0.717, 1.165) is 25.7 Å². The number of nitrogens with zero attached hydrogens (tertiary/aromatic N) is 4. The smallest absolute Gasteiger partial charge is 0.201 e. The van der Waals surface area contributed by atoms with E-state index in [2.05, 4.69) is 383 Å². The van der Waals surface area contributed by atoms with E-state index in [1.54, 1.807) is 0 Å². The fourth-order valence-corrected chi connectivity index (χ4v) is 24.8. The standard InChI is InChI=1S/4C28H32N/c1-17-8-10-20-19(12-17)13-22-21(20)11-9-18(2)26(22)25-14-23-24(15-29(25)7)28(5,6)16-27(23,3)4;1-17-8-10-19-13-22-20(21(19)12-17)11-9-18(2)26(22)25-14-23-24(15-29(25)7)28(5,6)16-27(23,3)4;1-17-9-8-10-19-20-12-11-18(2)26(22(20)13-21(17)19)25-14-23-24(15-29(25)7)28(5,6)16-27(23,3)4;1-17-9-8-10-19-13-21-20(25(17)19)12-11-18(2)26(21)24-14-22-23(15-29(24)7)28(5,6)16-27(22,3)4/h4*8-12,14-15H,13,16H2,1-7H3/q4*+1. The van der Waals surface area contributed by atoms with E-state index in [4.69, 9.17) is 0 Å². The van der Waals surface area contributed by atoms with Crippen molar-refractivity contribution in [2.75, 3.05) is 0 Å². The number of aromatic nitrogens is 4. The first kappa shape index (κ1) is 78.9. The van der Waals surface area contributed by atoms with Gasteiger partial charge in [-0.2, -0.15) is 0 Å². The van der Waals surface area contributed by atoms with Gasteiger partial charge < -0.3 is 0 Å². The van der Waals surface area contributed by atoms with E-state index in [-0.39, 0.29) is 43.3 Å². The molecule has 8 aliphatic carbocycles. The molecule has 0 atom stereocenters. The van der Waals surface area contributed by atoms with Crippen LogP contribution in [0, 0.1) is 55.4 Å². The first-order valence-electron chi connectivity index (χ1n) is 43.4. The molecule has 0 radical (unpaired) electrons. The molecule has 4 heterocycles. The Kier molecular flexibility index (Phi) is 18.3. The summed E-state index contributed by atoms with van der Waals surface area (Å²) in [4.78, 5) is 0. The molecule has 116 heavy (non-hydrogen) atoms. The van der Waals surface area contributed by atoms with Crippen LogP contribution in [0.2, 0.25) is 0 Å². The lowest BCUT2D eigenvalue weighted by Crippen LogP contribution is -2.33. The molecule has 20 rings (SSSR count). The Hall–Kier alpha value is -9.64. The van der Waals surface area contributed by atoms with Crippen molar-refractivity contribution in [1.82, 2.24) is 0 Å². The van der Waals surface area contributed by atoms with Gasteiger partial charge in [0.25, 0.3) is 0 Å². The third-order valence-electron chi connectivity index (χ3n) is 29.5. The van der Waals surface area contributed by atoms with Crippen LogP contribution in [-0.4, -0.2) is 0 Å². The molecule has 4 aromatic heterocycles. The van der Waals surface area contributed by atoms with Gasteiger partial charge in [0.1, 0.15) is 28.2 Å². The topological polar surface area (TPSA) is 15.5 Å². The molecule has 0 unspecified atom stereocenters. The summed E-state index contributed by atoms with van der Waals surface area (Å²) in [7, 11) is 8.90. The summed E-state index contributed by atoms with van der Waals surface area (Å²) in [5.74, 6) is 0. The van der Waals surface area contributed by atoms with Gasteiger partial charge in [-0.05, 0) is 295 Å². The van der Waals surface area contributed by atoms with E-state index in [9.17, 15) is 0 Å². The van der Waals surface area contributed by atoms with Crippen molar-refractivity contribution in [3.63, 3.8) is 0 Å². The van der Waals surface area contributed by atoms with Crippen LogP contribution < -0.4 is 18.3 Å². The fraction of sp³-hybridized carbons (Fsp3) is 0.393. The van der Waals surface area contributed by atoms with E-state index in [1.807, 2.05) is 0 Å². The Morgan fingerprint density at radius 1 is 0.216 bits per heavy atom. The number of benzene rings is 8. The zero-order valence-electron chi connectivity index (χ0n) is 75.6. The summed E-state index contributed by atoms with van der Waals surface area (Å²) in [6, 6.07) is 55.9. The lowest BCUT2D eigenvalue weighted by molar-refractivity contribution is -0.661. The predicted octanol–water partition coefficient (Wildman–Crippen LogP) is 25.3. The van der Waals surface area contributed by atoms with Gasteiger partial charge in [-0.25, -0.2) is 18.3 Å². The van der Waals surface area contributed by atoms with Crippen LogP contribution in [0.1, 0.15) is 270 Å². The lowest BCUT2D eigenvalue weighted by atomic mass is 9.81. The monoisotopic (exact) mass is 1530 g/mol. The minimum Gasteiger partial charge on any atom is -0.201 e. The van der Waals surface area contributed by atoms with Gasteiger partial charge in [-0.15, -0.1) is 0 Å². The van der Waals surface area contributed by atoms with Crippen molar-refractivity contribution >= 4 is 0 Å². The zero-order valence-corrected chi connectivity index (χ0v) is 75.6. The van der Waals surface area contributed by atoms with Crippen LogP contribution in [0.4, 0.5) is 0 Å². The number of hydrogen-bond acceptors (Lipinski definition) is 0. The largest absolute Gasteiger partial charge is 0.213 e. The highest BCUT2D eigenvalue weighted by atomic mass is 14.9. The molecule has 4 heteroatoms. The number of aryl methyl sites for hydroxylation is 12. The second-order valence-electron chi connectivity index (χ2n) is 42.5. The molecule has 592 valence electrons. The molecule has 0 aliphatic heterocycles. The van der Waals surface area contributed by atoms with Crippen molar-refractivity contribution in [2.24, 2.45) is 28.2 Å². The molecule has 0 amide bonds. The zero-order chi connectivity index (χ0) is 82.9. The van der Waals surface area contributed by atoms with Crippen molar-refractivity contribution < 1.29 is 18.3 Å². The van der Waals surface area contributed by atoms with E-state index in [0.29, 0.717) is 0 Å². The van der Waals surface area contributed by atoms with Crippen molar-refractivity contribution in [3.8, 4) is 89.5 Å². The molecule has 0 spiro atoms. The van der Waals surface area contributed by atoms with Gasteiger partial charge in [0.05, 0.1) is 22.3 Å². The third-order valence-corrected chi connectivity index (χ3v) is 29.5. The summed E-state index contributed by atoms with van der Waals surface area (Å²) in [5, 5.41) is 0. The average Bonchev–Trinajstić information content (AvgIpc) is 1.59. The minimum atomic E-state index is 0.216. The number of fused-ring (bicyclic) bond motifs is 16. The molecule has 12 aromatic rings. The highest BCUT2D eigenvalue weighted by molar-refractivity contribution is 5.90. The molecule has 0 saturated heterocycles. The Morgan fingerprint density at radius 2 is 0.509 bits per heavy atom. The van der Waals surface area contributed by atoms with Crippen LogP contribution >= 0.6 is 0 Å². The van der Waals surface area contributed by atoms with Gasteiger partial charge in [0.15, 0.2) is 24.8 Å². The maximum Gasteiger partial charge on any atom is 0.213 e. The highest BCUT2D eigenvalue weighted by Crippen LogP contribution is 2.57. The SMILES string of the molecule is Cc1ccc2c(c1)-c1ccc(C)c(-c3cc4c(c[n+]3C)C(C)(C)CC4(C)C)c1C2.Cc1ccc2c(c1)Cc1c-2ccc(C)c1-c1cc2c(c[n+]1C)C(C)(C)CC2(C)C.Cc1cccc2c1-c1ccc(C)c(-c3cc4c(c[n+]3C)C(C)(C)CC4(C)C)c1C2.Cc1cccc2c1Cc1c-2ccc(C)c1-c1cc2c(c[n+]1C)C(C)(C)CC2(C)C. The quantitative estimate of drug-likeness (QED) is 0.156. The molecule has 0 bridgehead atoms. The maximum absolute atomic E-state index is 2.50. The van der Waals surface area contributed by atoms with Crippen molar-refractivity contribution in [3.05, 3.63) is 304 Å². The van der Waals surface area contributed by atoms with Crippen LogP contribution in [0.25, 0.3) is 89.5 Å². The summed E-state index contributed by atoms with van der Waals surface area (Å²) >= 11 is 0. The molecule has 0 fully saturated rings. The van der Waals surface area contributed by atoms with Crippen LogP contribution in [0.15, 0.2) is 170 Å². The van der Waals surface area contributed by atoms with E-state index < -0.39 is 0 Å². The van der Waals surface area contributed by atoms with E-state index >= 15 is 0 Å². The van der Waals surface area contributed by atoms with Gasteiger partial charge in [0, 0.05) is 46.5 Å². The van der Waals surface area contributed by atoms with Gasteiger partial charge in [-0.3, -0.25) is 0 Å². The lowest BCUT2D eigenvalue weighted by Gasteiger charge is -2.22. The normalized spacial score (nSPS) is 17.8. The Morgan fingerprint density at radius 3 is 0.931 bits per heavy atom. The van der Waals surface area contributed by atoms with Crippen LogP contribution in [0.3, 0.4) is 0 Å². The summed E-state index contributed by atoms with van der Waals surface area (Å²) in [6.07, 6.45) is 18.6. The van der Waals surface area contributed by atoms with Gasteiger partial charge in [0.2, 0.25) is 22.8 Å². The first-order valence-corrected chi connectivity index (χ1v) is 43.4. The van der Waals surface area contributed by atoms with Crippen molar-refractivity contribution in [2.45, 2.75) is 261 Å². The fourth-order valence-electron chi connectivity index (χ4n) is 24.8. The molecule has 0 N–H and O–H groups in total. The number of rotatable bonds is 4. The first-order chi connectivity index (χ1) is 54.4. The Balaban J connectivity index is 0.000000111. The van der Waals surface area contributed by atoms with Crippen molar-refractivity contribution in [1.29, 1.82) is 0 Å². The van der Waals surface area contributed by atoms with Crippen LogP contribution in [0.5, 0.6) is 0 Å². The summed E-state index contributed by atoms with van der Waals surface area (Å²) < 4.78 is 9.50. The molecular weight excluding hydrogens is 1400 g/mol. The molecule has 0 saturated carbocycles. The van der Waals surface area contributed by atoms with Gasteiger partial charge >= 0.3 is 0 Å². The van der Waals surface area contributed by atoms with Crippen LogP contribution in [-0.2, 0) is 97.2 Å². The minimum absolute atomic E-state index is 0.216. The third kappa shape index (κ3) is 12.7. The number of pyridine rings is 4. The highest BCUT2D eigenvalue weighted by Gasteiger charge is 2.50. The summed E-state index contributed by atoms with van der Waals surface area (Å²) in [6.45, 7) is 56.4. The summed E-state index contributed by atoms with van der Waals surface area (Å²) in [5.41, 5.74) is 59.4. The Bertz CT molecular complexity index is 6210. The average molecular weight is 1530 g/mol. The Labute approximate surface area is 696 Å². The molecule has 4 nitrogen and oxygen atoms in total. The second kappa shape index (κ2) is 26.9. The molecule has 8 aromatic carbocycles. The molecular formula is C112H128N4+4.